The van der Waals surface area contributed by atoms with E-state index in [0.29, 0.717) is 5.82 Å². The van der Waals surface area contributed by atoms with Crippen molar-refractivity contribution in [1.29, 1.82) is 0 Å². The molecule has 9 aromatic carbocycles. The minimum atomic E-state index is 0.684. The van der Waals surface area contributed by atoms with E-state index in [1.54, 1.807) is 0 Å². The van der Waals surface area contributed by atoms with E-state index in [-0.39, 0.29) is 0 Å². The number of rotatable bonds is 3. The first kappa shape index (κ1) is 29.3. The third-order valence-corrected chi connectivity index (χ3v) is 11.2. The third kappa shape index (κ3) is 4.13. The highest BCUT2D eigenvalue weighted by molar-refractivity contribution is 6.28. The predicted octanol–water partition coefficient (Wildman–Crippen LogP) is 13.4. The zero-order chi connectivity index (χ0) is 35.3. The summed E-state index contributed by atoms with van der Waals surface area (Å²) in [5.74, 6) is 0.684. The van der Waals surface area contributed by atoms with Gasteiger partial charge in [-0.05, 0) is 86.9 Å². The molecule has 0 radical (unpaired) electrons. The molecule has 4 nitrogen and oxygen atoms in total. The van der Waals surface area contributed by atoms with E-state index in [1.807, 2.05) is 18.2 Å². The molecule has 12 rings (SSSR count). The summed E-state index contributed by atoms with van der Waals surface area (Å²) in [5, 5.41) is 13.1. The minimum Gasteiger partial charge on any atom is -0.456 e. The van der Waals surface area contributed by atoms with Gasteiger partial charge < -0.3 is 8.98 Å². The van der Waals surface area contributed by atoms with Crippen LogP contribution in [-0.4, -0.2) is 14.5 Å². The average Bonchev–Trinajstić information content (AvgIpc) is 3.79. The second kappa shape index (κ2) is 11.1. The fraction of sp³-hybridized carbons (Fsp3) is 0. The summed E-state index contributed by atoms with van der Waals surface area (Å²) in [4.78, 5) is 10.5. The largest absolute Gasteiger partial charge is 0.456 e. The molecular weight excluding hydrogens is 659 g/mol. The molecule has 0 aliphatic carbocycles. The highest BCUT2D eigenvalue weighted by Crippen LogP contribution is 2.43. The van der Waals surface area contributed by atoms with Gasteiger partial charge >= 0.3 is 0 Å². The highest BCUT2D eigenvalue weighted by Gasteiger charge is 2.20. The average molecular weight is 688 g/mol. The Labute approximate surface area is 309 Å². The molecule has 0 atom stereocenters. The molecule has 0 N–H and O–H groups in total. The second-order valence-corrected chi connectivity index (χ2v) is 14.1. The Morgan fingerprint density at radius 3 is 1.69 bits per heavy atom. The molecule has 12 aromatic rings. The first-order valence-electron chi connectivity index (χ1n) is 18.3. The zero-order valence-electron chi connectivity index (χ0n) is 29.0. The number of nitrogens with zero attached hydrogens (tertiary/aromatic N) is 3. The van der Waals surface area contributed by atoms with Crippen molar-refractivity contribution in [1.82, 2.24) is 14.5 Å². The first-order valence-corrected chi connectivity index (χ1v) is 18.3. The van der Waals surface area contributed by atoms with Crippen molar-refractivity contribution in [3.8, 4) is 28.3 Å². The van der Waals surface area contributed by atoms with Crippen molar-refractivity contribution in [3.05, 3.63) is 176 Å². The van der Waals surface area contributed by atoms with Gasteiger partial charge in [0.15, 0.2) is 5.82 Å². The molecule has 0 amide bonds. The van der Waals surface area contributed by atoms with Gasteiger partial charge in [0.2, 0.25) is 0 Å². The number of aromatic nitrogens is 3. The number of hydrogen-bond donors (Lipinski definition) is 0. The Morgan fingerprint density at radius 2 is 0.981 bits per heavy atom. The van der Waals surface area contributed by atoms with E-state index in [9.17, 15) is 0 Å². The lowest BCUT2D eigenvalue weighted by atomic mass is 9.95. The van der Waals surface area contributed by atoms with Gasteiger partial charge in [0.1, 0.15) is 11.2 Å². The fourth-order valence-corrected chi connectivity index (χ4v) is 8.78. The van der Waals surface area contributed by atoms with Crippen molar-refractivity contribution in [2.45, 2.75) is 0 Å². The van der Waals surface area contributed by atoms with Crippen molar-refractivity contribution < 1.29 is 4.42 Å². The van der Waals surface area contributed by atoms with Gasteiger partial charge in [-0.2, -0.15) is 0 Å². The molecule has 0 spiro atoms. The molecule has 4 heteroatoms. The van der Waals surface area contributed by atoms with Crippen molar-refractivity contribution >= 4 is 87.0 Å². The van der Waals surface area contributed by atoms with E-state index in [1.165, 1.54) is 43.4 Å². The summed E-state index contributed by atoms with van der Waals surface area (Å²) in [5.41, 5.74) is 8.96. The second-order valence-electron chi connectivity index (χ2n) is 14.1. The first-order chi connectivity index (χ1) is 26.8. The molecular formula is C50H29N3O. The van der Waals surface area contributed by atoms with Crippen molar-refractivity contribution in [2.24, 2.45) is 0 Å². The maximum Gasteiger partial charge on any atom is 0.160 e. The van der Waals surface area contributed by atoms with Crippen LogP contribution in [0.25, 0.3) is 115 Å². The molecule has 0 aliphatic rings. The molecule has 0 aliphatic heterocycles. The standard InChI is InChI=1S/C50H29N3O/c1-3-13-34-30(11-1)23-27-42-47(34)48-35-14-4-2-12-31(35)24-28-43(48)53(42)33-25-21-32(22-26-33)50-51-41-19-9-7-17-38(41)49(52-50)40-29-45-46(37-16-6-5-15-36(37)40)39-18-8-10-20-44(39)54-45/h1-29H. The normalized spacial score (nSPS) is 12.1. The summed E-state index contributed by atoms with van der Waals surface area (Å²) < 4.78 is 8.86. The van der Waals surface area contributed by atoms with Crippen LogP contribution in [0.3, 0.4) is 0 Å². The summed E-state index contributed by atoms with van der Waals surface area (Å²) in [6.45, 7) is 0. The lowest BCUT2D eigenvalue weighted by molar-refractivity contribution is 0.669. The molecule has 250 valence electrons. The van der Waals surface area contributed by atoms with E-state index in [2.05, 4.69) is 162 Å². The summed E-state index contributed by atoms with van der Waals surface area (Å²) >= 11 is 0. The van der Waals surface area contributed by atoms with Gasteiger partial charge in [0, 0.05) is 43.7 Å². The van der Waals surface area contributed by atoms with Crippen molar-refractivity contribution in [2.75, 3.05) is 0 Å². The smallest absolute Gasteiger partial charge is 0.160 e. The highest BCUT2D eigenvalue weighted by atomic mass is 16.3. The topological polar surface area (TPSA) is 43.9 Å². The van der Waals surface area contributed by atoms with Crippen LogP contribution in [-0.2, 0) is 0 Å². The minimum absolute atomic E-state index is 0.684. The van der Waals surface area contributed by atoms with Crippen LogP contribution in [0, 0.1) is 0 Å². The quantitative estimate of drug-likeness (QED) is 0.186. The Kier molecular flexibility index (Phi) is 6.02. The van der Waals surface area contributed by atoms with Gasteiger partial charge in [0.25, 0.3) is 0 Å². The Bertz CT molecular complexity index is 3410. The lowest BCUT2D eigenvalue weighted by Gasteiger charge is -2.13. The van der Waals surface area contributed by atoms with Crippen LogP contribution in [0.4, 0.5) is 0 Å². The van der Waals surface area contributed by atoms with Crippen LogP contribution in [0.1, 0.15) is 0 Å². The maximum absolute atomic E-state index is 6.46. The molecule has 0 saturated heterocycles. The van der Waals surface area contributed by atoms with E-state index in [0.717, 1.165) is 66.1 Å². The third-order valence-electron chi connectivity index (χ3n) is 11.2. The van der Waals surface area contributed by atoms with E-state index in [4.69, 9.17) is 14.4 Å². The maximum atomic E-state index is 6.46. The fourth-order valence-electron chi connectivity index (χ4n) is 8.78. The SMILES string of the molecule is c1ccc2c(c1)ccc1c2c2c3ccccc3ccc2n1-c1ccc(-c2nc(-c3cc4oc5ccccc5c4c4ccccc34)c3ccccc3n2)cc1. The monoisotopic (exact) mass is 687 g/mol. The summed E-state index contributed by atoms with van der Waals surface area (Å²) in [6, 6.07) is 62.4. The molecule has 3 aromatic heterocycles. The number of hydrogen-bond acceptors (Lipinski definition) is 3. The number of benzene rings is 9. The number of furan rings is 1. The molecule has 3 heterocycles. The van der Waals surface area contributed by atoms with Gasteiger partial charge in [-0.3, -0.25) is 0 Å². The van der Waals surface area contributed by atoms with Crippen LogP contribution in [0.2, 0.25) is 0 Å². The number of fused-ring (bicyclic) bond motifs is 13. The van der Waals surface area contributed by atoms with Gasteiger partial charge in [-0.1, -0.05) is 121 Å². The molecule has 54 heavy (non-hydrogen) atoms. The van der Waals surface area contributed by atoms with E-state index >= 15 is 0 Å². The van der Waals surface area contributed by atoms with Crippen LogP contribution in [0.5, 0.6) is 0 Å². The molecule has 0 saturated carbocycles. The summed E-state index contributed by atoms with van der Waals surface area (Å²) in [6.07, 6.45) is 0. The molecule has 0 fully saturated rings. The zero-order valence-corrected chi connectivity index (χ0v) is 29.0. The number of para-hydroxylation sites is 2. The summed E-state index contributed by atoms with van der Waals surface area (Å²) in [7, 11) is 0. The lowest BCUT2D eigenvalue weighted by Crippen LogP contribution is -1.97. The van der Waals surface area contributed by atoms with E-state index < -0.39 is 0 Å². The van der Waals surface area contributed by atoms with Crippen LogP contribution < -0.4 is 0 Å². The predicted molar refractivity (Wildman–Crippen MR) is 225 cm³/mol. The van der Waals surface area contributed by atoms with Crippen molar-refractivity contribution in [3.63, 3.8) is 0 Å². The molecule has 0 unspecified atom stereocenters. The van der Waals surface area contributed by atoms with Crippen LogP contribution >= 0.6 is 0 Å². The van der Waals surface area contributed by atoms with Crippen LogP contribution in [0.15, 0.2) is 180 Å². The Balaban J connectivity index is 1.07. The Hall–Kier alpha value is -7.30. The van der Waals surface area contributed by atoms with Gasteiger partial charge in [-0.25, -0.2) is 9.97 Å². The van der Waals surface area contributed by atoms with Gasteiger partial charge in [-0.15, -0.1) is 0 Å². The Morgan fingerprint density at radius 1 is 0.407 bits per heavy atom. The molecule has 0 bridgehead atoms. The van der Waals surface area contributed by atoms with Gasteiger partial charge in [0.05, 0.1) is 22.2 Å².